The average molecular weight is 590 g/mol. The summed E-state index contributed by atoms with van der Waals surface area (Å²) in [7, 11) is 0. The zero-order chi connectivity index (χ0) is 30.7. The molecule has 1 amide bonds. The molecule has 2 unspecified atom stereocenters. The lowest BCUT2D eigenvalue weighted by atomic mass is 10.0. The van der Waals surface area contributed by atoms with Crippen LogP contribution in [0.3, 0.4) is 0 Å². The van der Waals surface area contributed by atoms with Gasteiger partial charge in [-0.1, -0.05) is 74.0 Å². The third-order valence-electron chi connectivity index (χ3n) is 6.26. The minimum absolute atomic E-state index is 0.207. The van der Waals surface area contributed by atoms with Crippen LogP contribution in [0.4, 0.5) is 5.69 Å². The van der Waals surface area contributed by atoms with Crippen LogP contribution in [0.5, 0.6) is 5.75 Å². The second-order valence-electron chi connectivity index (χ2n) is 11.9. The molecule has 0 saturated carbocycles. The number of carbonyl (C=O) groups is 2. The molecule has 3 aromatic rings. The van der Waals surface area contributed by atoms with Gasteiger partial charge < -0.3 is 25.4 Å². The van der Waals surface area contributed by atoms with Gasteiger partial charge >= 0.3 is 5.97 Å². The summed E-state index contributed by atoms with van der Waals surface area (Å²) in [5.74, 6) is 0.106. The lowest BCUT2D eigenvalue weighted by molar-refractivity contribution is -0.158. The molecule has 0 spiro atoms. The Kier molecular flexibility index (Phi) is 11.9. The number of hydrogen-bond donors (Lipinski definition) is 3. The normalized spacial score (nSPS) is 12.6. The lowest BCUT2D eigenvalue weighted by Gasteiger charge is -2.27. The maximum Gasteiger partial charge on any atom is 0.329 e. The largest absolute Gasteiger partial charge is 0.489 e. The van der Waals surface area contributed by atoms with E-state index in [4.69, 9.17) is 21.7 Å². The third-order valence-corrected chi connectivity index (χ3v) is 6.48. The maximum atomic E-state index is 13.6. The summed E-state index contributed by atoms with van der Waals surface area (Å²) >= 11 is 5.52. The molecule has 42 heavy (non-hydrogen) atoms. The van der Waals surface area contributed by atoms with E-state index in [1.165, 1.54) is 0 Å². The standard InChI is InChI=1S/C34H43N3O4S/c1-23(2)20-29(37-33(42)35-27-16-12-24(3)13-17-27)31(38)36-30(32(39)41-34(4,5)6)21-25-14-18-28(19-15-25)40-22-26-10-8-7-9-11-26/h7-19,23,29-30H,20-22H2,1-6H3,(H,36,38)(H2,35,37,42). The fourth-order valence-corrected chi connectivity index (χ4v) is 4.46. The van der Waals surface area contributed by atoms with Crippen LogP contribution in [0.2, 0.25) is 0 Å². The number of esters is 1. The van der Waals surface area contributed by atoms with Crippen LogP contribution in [0.25, 0.3) is 0 Å². The summed E-state index contributed by atoms with van der Waals surface area (Å²) in [6.07, 6.45) is 0.788. The van der Waals surface area contributed by atoms with Gasteiger partial charge in [0.1, 0.15) is 30.0 Å². The smallest absolute Gasteiger partial charge is 0.329 e. The number of benzene rings is 3. The molecule has 0 aliphatic carbocycles. The van der Waals surface area contributed by atoms with E-state index in [9.17, 15) is 9.59 Å². The van der Waals surface area contributed by atoms with E-state index in [0.29, 0.717) is 18.1 Å². The Morgan fingerprint density at radius 2 is 1.48 bits per heavy atom. The summed E-state index contributed by atoms with van der Waals surface area (Å²) < 4.78 is 11.6. The van der Waals surface area contributed by atoms with Crippen molar-refractivity contribution in [3.8, 4) is 5.75 Å². The molecule has 0 radical (unpaired) electrons. The Hall–Kier alpha value is -3.91. The van der Waals surface area contributed by atoms with Crippen LogP contribution in [0, 0.1) is 12.8 Å². The number of carbonyl (C=O) groups excluding carboxylic acids is 2. The van der Waals surface area contributed by atoms with Gasteiger partial charge in [0.25, 0.3) is 0 Å². The second kappa shape index (κ2) is 15.4. The van der Waals surface area contributed by atoms with Gasteiger partial charge in [-0.2, -0.15) is 0 Å². The Morgan fingerprint density at radius 1 is 0.833 bits per heavy atom. The average Bonchev–Trinajstić information content (AvgIpc) is 2.92. The lowest BCUT2D eigenvalue weighted by Crippen LogP contribution is -2.54. The molecule has 0 bridgehead atoms. The van der Waals surface area contributed by atoms with Crippen LogP contribution < -0.4 is 20.7 Å². The van der Waals surface area contributed by atoms with E-state index >= 15 is 0 Å². The van der Waals surface area contributed by atoms with Gasteiger partial charge in [-0.15, -0.1) is 0 Å². The van der Waals surface area contributed by atoms with Gasteiger partial charge in [-0.3, -0.25) is 4.79 Å². The first kappa shape index (κ1) is 32.6. The molecule has 0 saturated heterocycles. The number of rotatable bonds is 12. The first-order chi connectivity index (χ1) is 19.9. The summed E-state index contributed by atoms with van der Waals surface area (Å²) in [6.45, 7) is 12.0. The predicted octanol–water partition coefficient (Wildman–Crippen LogP) is 6.34. The first-order valence-electron chi connectivity index (χ1n) is 14.3. The van der Waals surface area contributed by atoms with Crippen LogP contribution in [-0.4, -0.2) is 34.7 Å². The minimum atomic E-state index is -0.886. The van der Waals surface area contributed by atoms with Crippen molar-refractivity contribution in [2.24, 2.45) is 5.92 Å². The number of hydrogen-bond acceptors (Lipinski definition) is 5. The van der Waals surface area contributed by atoms with Crippen molar-refractivity contribution in [1.29, 1.82) is 0 Å². The molecule has 3 rings (SSSR count). The van der Waals surface area contributed by atoms with Crippen LogP contribution >= 0.6 is 12.2 Å². The van der Waals surface area contributed by atoms with E-state index < -0.39 is 23.7 Å². The Morgan fingerprint density at radius 3 is 2.07 bits per heavy atom. The molecule has 0 heterocycles. The number of amides is 1. The highest BCUT2D eigenvalue weighted by Gasteiger charge is 2.30. The molecule has 0 aliphatic rings. The molecule has 0 fully saturated rings. The molecule has 0 aromatic heterocycles. The van der Waals surface area contributed by atoms with Crippen molar-refractivity contribution in [2.45, 2.75) is 78.7 Å². The number of anilines is 1. The maximum absolute atomic E-state index is 13.6. The van der Waals surface area contributed by atoms with Gasteiger partial charge in [0, 0.05) is 12.1 Å². The fourth-order valence-electron chi connectivity index (χ4n) is 4.20. The summed E-state index contributed by atoms with van der Waals surface area (Å²) in [5.41, 5.74) is 3.20. The molecule has 7 nitrogen and oxygen atoms in total. The van der Waals surface area contributed by atoms with Crippen molar-refractivity contribution >= 4 is 34.9 Å². The van der Waals surface area contributed by atoms with Gasteiger partial charge in [0.05, 0.1) is 0 Å². The van der Waals surface area contributed by atoms with Crippen molar-refractivity contribution in [3.63, 3.8) is 0 Å². The van der Waals surface area contributed by atoms with E-state index in [1.54, 1.807) is 20.8 Å². The topological polar surface area (TPSA) is 88.7 Å². The van der Waals surface area contributed by atoms with Crippen LogP contribution in [0.1, 0.15) is 57.7 Å². The van der Waals surface area contributed by atoms with Gasteiger partial charge in [-0.25, -0.2) is 4.79 Å². The number of thiocarbonyl (C=S) groups is 1. The second-order valence-corrected chi connectivity index (χ2v) is 12.3. The van der Waals surface area contributed by atoms with Gasteiger partial charge in [0.15, 0.2) is 5.11 Å². The highest BCUT2D eigenvalue weighted by molar-refractivity contribution is 7.80. The Balaban J connectivity index is 1.70. The van der Waals surface area contributed by atoms with E-state index in [2.05, 4.69) is 16.0 Å². The van der Waals surface area contributed by atoms with Crippen molar-refractivity contribution in [3.05, 3.63) is 95.6 Å². The van der Waals surface area contributed by atoms with Crippen molar-refractivity contribution < 1.29 is 19.1 Å². The summed E-state index contributed by atoms with van der Waals surface area (Å²) in [5, 5.41) is 9.55. The highest BCUT2D eigenvalue weighted by atomic mass is 32.1. The van der Waals surface area contributed by atoms with E-state index in [1.807, 2.05) is 99.6 Å². The molecule has 3 N–H and O–H groups in total. The molecular formula is C34H43N3O4S. The zero-order valence-electron chi connectivity index (χ0n) is 25.4. The highest BCUT2D eigenvalue weighted by Crippen LogP contribution is 2.18. The summed E-state index contributed by atoms with van der Waals surface area (Å²) in [4.78, 5) is 26.8. The van der Waals surface area contributed by atoms with Crippen LogP contribution in [0.15, 0.2) is 78.9 Å². The Labute approximate surface area is 255 Å². The third kappa shape index (κ3) is 11.5. The van der Waals surface area contributed by atoms with Crippen molar-refractivity contribution in [2.75, 3.05) is 5.32 Å². The molecule has 3 aromatic carbocycles. The summed E-state index contributed by atoms with van der Waals surface area (Å²) in [6, 6.07) is 23.8. The van der Waals surface area contributed by atoms with Gasteiger partial charge in [0.2, 0.25) is 5.91 Å². The number of aryl methyl sites for hydroxylation is 1. The fraction of sp³-hybridized carbons (Fsp3) is 0.382. The SMILES string of the molecule is Cc1ccc(NC(=S)NC(CC(C)C)C(=O)NC(Cc2ccc(OCc3ccccc3)cc2)C(=O)OC(C)(C)C)cc1. The molecule has 0 aliphatic heterocycles. The number of ether oxygens (including phenoxy) is 2. The first-order valence-corrected chi connectivity index (χ1v) is 14.7. The zero-order valence-corrected chi connectivity index (χ0v) is 26.2. The minimum Gasteiger partial charge on any atom is -0.489 e. The van der Waals surface area contributed by atoms with Crippen molar-refractivity contribution in [1.82, 2.24) is 10.6 Å². The predicted molar refractivity (Wildman–Crippen MR) is 172 cm³/mol. The molecule has 224 valence electrons. The Bertz CT molecular complexity index is 1300. The quantitative estimate of drug-likeness (QED) is 0.168. The van der Waals surface area contributed by atoms with Crippen LogP contribution in [-0.2, 0) is 27.4 Å². The molecule has 2 atom stereocenters. The number of nitrogens with one attached hydrogen (secondary N) is 3. The molecular weight excluding hydrogens is 546 g/mol. The molecule has 8 heteroatoms. The van der Waals surface area contributed by atoms with E-state index in [-0.39, 0.29) is 18.2 Å². The van der Waals surface area contributed by atoms with E-state index in [0.717, 1.165) is 28.1 Å². The monoisotopic (exact) mass is 589 g/mol. The van der Waals surface area contributed by atoms with Gasteiger partial charge in [-0.05, 0) is 87.6 Å².